The van der Waals surface area contributed by atoms with Gasteiger partial charge in [-0.05, 0) is 31.9 Å². The number of carbonyl (C=O) groups is 1. The van der Waals surface area contributed by atoms with Gasteiger partial charge in [-0.3, -0.25) is 4.79 Å². The van der Waals surface area contributed by atoms with E-state index in [1.54, 1.807) is 24.3 Å². The number of methoxy groups -OCH3 is 1. The predicted octanol–water partition coefficient (Wildman–Crippen LogP) is 1.72. The Labute approximate surface area is 107 Å². The number of ether oxygens (including phenoxy) is 1. The Morgan fingerprint density at radius 3 is 2.28 bits per heavy atom. The summed E-state index contributed by atoms with van der Waals surface area (Å²) < 4.78 is 29.1. The lowest BCUT2D eigenvalue weighted by Crippen LogP contribution is -2.40. The van der Waals surface area contributed by atoms with E-state index in [-0.39, 0.29) is 11.9 Å². The molecule has 1 aliphatic carbocycles. The zero-order valence-corrected chi connectivity index (χ0v) is 11.2. The molecule has 0 aromatic heterocycles. The van der Waals surface area contributed by atoms with Gasteiger partial charge in [-0.2, -0.15) is 0 Å². The summed E-state index contributed by atoms with van der Waals surface area (Å²) in [5.74, 6) is -0.578. The standard InChI is InChI=1S/C13H16O4S/c1-9-3-5-11(6-4-9)18(15,16)12-7-10(8-12)13(14)17-2/h3-6,10,12H,7-8H2,1-2H3. The van der Waals surface area contributed by atoms with Crippen LogP contribution >= 0.6 is 0 Å². The highest BCUT2D eigenvalue weighted by Crippen LogP contribution is 2.36. The average molecular weight is 268 g/mol. The molecular weight excluding hydrogens is 252 g/mol. The number of rotatable bonds is 3. The molecule has 1 fully saturated rings. The van der Waals surface area contributed by atoms with Crippen molar-refractivity contribution >= 4 is 15.8 Å². The number of carbonyl (C=O) groups excluding carboxylic acids is 1. The fourth-order valence-corrected chi connectivity index (χ4v) is 3.97. The van der Waals surface area contributed by atoms with Crippen molar-refractivity contribution in [2.24, 2.45) is 5.92 Å². The summed E-state index contributed by atoms with van der Waals surface area (Å²) in [6.45, 7) is 1.91. The third kappa shape index (κ3) is 2.27. The van der Waals surface area contributed by atoms with Crippen LogP contribution in [0.5, 0.6) is 0 Å². The molecule has 0 N–H and O–H groups in total. The smallest absolute Gasteiger partial charge is 0.308 e. The van der Waals surface area contributed by atoms with Crippen LogP contribution in [0, 0.1) is 12.8 Å². The third-order valence-corrected chi connectivity index (χ3v) is 5.61. The topological polar surface area (TPSA) is 60.4 Å². The van der Waals surface area contributed by atoms with Crippen molar-refractivity contribution in [3.63, 3.8) is 0 Å². The van der Waals surface area contributed by atoms with E-state index in [1.807, 2.05) is 6.92 Å². The van der Waals surface area contributed by atoms with Crippen molar-refractivity contribution in [2.45, 2.75) is 29.9 Å². The van der Waals surface area contributed by atoms with Crippen molar-refractivity contribution in [1.82, 2.24) is 0 Å². The maximum absolute atomic E-state index is 12.2. The van der Waals surface area contributed by atoms with E-state index in [4.69, 9.17) is 0 Å². The molecule has 1 saturated carbocycles. The molecule has 0 bridgehead atoms. The first-order valence-corrected chi connectivity index (χ1v) is 7.38. The number of sulfone groups is 1. The van der Waals surface area contributed by atoms with Crippen LogP contribution in [0.2, 0.25) is 0 Å². The molecular formula is C13H16O4S. The Hall–Kier alpha value is -1.36. The largest absolute Gasteiger partial charge is 0.469 e. The number of benzene rings is 1. The summed E-state index contributed by atoms with van der Waals surface area (Å²) in [5.41, 5.74) is 1.02. The van der Waals surface area contributed by atoms with Gasteiger partial charge in [0.2, 0.25) is 0 Å². The summed E-state index contributed by atoms with van der Waals surface area (Å²) in [6.07, 6.45) is 0.728. The highest BCUT2D eigenvalue weighted by molar-refractivity contribution is 7.92. The van der Waals surface area contributed by atoms with Gasteiger partial charge < -0.3 is 4.74 Å². The van der Waals surface area contributed by atoms with E-state index in [1.165, 1.54) is 7.11 Å². The van der Waals surface area contributed by atoms with Crippen LogP contribution in [-0.4, -0.2) is 26.7 Å². The predicted molar refractivity (Wildman–Crippen MR) is 66.9 cm³/mol. The molecule has 0 heterocycles. The van der Waals surface area contributed by atoms with Gasteiger partial charge in [-0.1, -0.05) is 17.7 Å². The Morgan fingerprint density at radius 2 is 1.78 bits per heavy atom. The lowest BCUT2D eigenvalue weighted by molar-refractivity contribution is -0.148. The number of hydrogen-bond acceptors (Lipinski definition) is 4. The SMILES string of the molecule is COC(=O)C1CC(S(=O)(=O)c2ccc(C)cc2)C1. The first-order chi connectivity index (χ1) is 8.45. The van der Waals surface area contributed by atoms with E-state index in [0.717, 1.165) is 5.56 Å². The van der Waals surface area contributed by atoms with Gasteiger partial charge in [-0.25, -0.2) is 8.42 Å². The molecule has 4 nitrogen and oxygen atoms in total. The molecule has 0 atom stereocenters. The fraction of sp³-hybridized carbons (Fsp3) is 0.462. The molecule has 0 unspecified atom stereocenters. The molecule has 0 aliphatic heterocycles. The Morgan fingerprint density at radius 1 is 1.22 bits per heavy atom. The minimum Gasteiger partial charge on any atom is -0.469 e. The van der Waals surface area contributed by atoms with Crippen LogP contribution in [0.4, 0.5) is 0 Å². The second-order valence-corrected chi connectivity index (χ2v) is 6.90. The quantitative estimate of drug-likeness (QED) is 0.783. The van der Waals surface area contributed by atoms with Crippen LogP contribution in [0.15, 0.2) is 29.2 Å². The van der Waals surface area contributed by atoms with Gasteiger partial charge in [-0.15, -0.1) is 0 Å². The molecule has 1 aliphatic rings. The van der Waals surface area contributed by atoms with Gasteiger partial charge in [0.25, 0.3) is 0 Å². The van der Waals surface area contributed by atoms with Crippen molar-refractivity contribution in [1.29, 1.82) is 0 Å². The van der Waals surface area contributed by atoms with Crippen LogP contribution in [0.25, 0.3) is 0 Å². The molecule has 1 aromatic rings. The lowest BCUT2D eigenvalue weighted by Gasteiger charge is -2.32. The van der Waals surface area contributed by atoms with E-state index in [2.05, 4.69) is 4.74 Å². The van der Waals surface area contributed by atoms with Gasteiger partial charge in [0, 0.05) is 0 Å². The molecule has 1 aromatic carbocycles. The van der Waals surface area contributed by atoms with Crippen LogP contribution < -0.4 is 0 Å². The van der Waals surface area contributed by atoms with Crippen LogP contribution in [0.3, 0.4) is 0 Å². The van der Waals surface area contributed by atoms with Crippen LogP contribution in [-0.2, 0) is 19.4 Å². The van der Waals surface area contributed by atoms with E-state index >= 15 is 0 Å². The summed E-state index contributed by atoms with van der Waals surface area (Å²) in [4.78, 5) is 11.6. The van der Waals surface area contributed by atoms with E-state index < -0.39 is 15.1 Å². The maximum Gasteiger partial charge on any atom is 0.308 e. The van der Waals surface area contributed by atoms with Gasteiger partial charge in [0.15, 0.2) is 9.84 Å². The van der Waals surface area contributed by atoms with Gasteiger partial charge in [0.1, 0.15) is 0 Å². The van der Waals surface area contributed by atoms with E-state index in [0.29, 0.717) is 17.7 Å². The summed E-state index contributed by atoms with van der Waals surface area (Å²) >= 11 is 0. The first kappa shape index (κ1) is 13.1. The second-order valence-electron chi connectivity index (χ2n) is 4.67. The minimum absolute atomic E-state index is 0.264. The average Bonchev–Trinajstić information content (AvgIpc) is 2.27. The molecule has 0 amide bonds. The number of hydrogen-bond donors (Lipinski definition) is 0. The fourth-order valence-electron chi connectivity index (χ4n) is 2.10. The highest BCUT2D eigenvalue weighted by atomic mass is 32.2. The molecule has 2 rings (SSSR count). The van der Waals surface area contributed by atoms with Crippen LogP contribution in [0.1, 0.15) is 18.4 Å². The zero-order valence-electron chi connectivity index (χ0n) is 10.4. The summed E-state index contributed by atoms with van der Waals surface area (Å²) in [6, 6.07) is 6.80. The summed E-state index contributed by atoms with van der Waals surface area (Å²) in [5, 5.41) is -0.454. The zero-order chi connectivity index (χ0) is 13.3. The van der Waals surface area contributed by atoms with Gasteiger partial charge in [0.05, 0.1) is 23.2 Å². The minimum atomic E-state index is -3.30. The normalized spacial score (nSPS) is 23.2. The monoisotopic (exact) mass is 268 g/mol. The Bertz CT molecular complexity index is 539. The summed E-state index contributed by atoms with van der Waals surface area (Å²) in [7, 11) is -1.98. The maximum atomic E-state index is 12.2. The van der Waals surface area contributed by atoms with Crippen molar-refractivity contribution < 1.29 is 17.9 Å². The number of aryl methyl sites for hydroxylation is 1. The van der Waals surface area contributed by atoms with Gasteiger partial charge >= 0.3 is 5.97 Å². The molecule has 0 spiro atoms. The van der Waals surface area contributed by atoms with E-state index in [9.17, 15) is 13.2 Å². The number of esters is 1. The van der Waals surface area contributed by atoms with Crippen molar-refractivity contribution in [2.75, 3.05) is 7.11 Å². The van der Waals surface area contributed by atoms with Crippen molar-refractivity contribution in [3.05, 3.63) is 29.8 Å². The first-order valence-electron chi connectivity index (χ1n) is 5.83. The second kappa shape index (κ2) is 4.72. The molecule has 18 heavy (non-hydrogen) atoms. The Kier molecular flexibility index (Phi) is 3.43. The molecule has 5 heteroatoms. The lowest BCUT2D eigenvalue weighted by atomic mass is 9.85. The Balaban J connectivity index is 2.10. The molecule has 0 radical (unpaired) electrons. The van der Waals surface area contributed by atoms with Crippen molar-refractivity contribution in [3.8, 4) is 0 Å². The third-order valence-electron chi connectivity index (χ3n) is 3.42. The molecule has 0 saturated heterocycles. The molecule has 98 valence electrons. The highest BCUT2D eigenvalue weighted by Gasteiger charge is 2.43.